The van der Waals surface area contributed by atoms with Crippen molar-refractivity contribution >= 4 is 17.5 Å². The van der Waals surface area contributed by atoms with Crippen LogP contribution in [0.2, 0.25) is 5.02 Å². The van der Waals surface area contributed by atoms with Crippen molar-refractivity contribution in [3.05, 3.63) is 34.9 Å². The third-order valence-electron chi connectivity index (χ3n) is 3.85. The third-order valence-corrected chi connectivity index (χ3v) is 4.18. The van der Waals surface area contributed by atoms with Gasteiger partial charge in [-0.05, 0) is 31.4 Å². The van der Waals surface area contributed by atoms with Crippen LogP contribution >= 0.6 is 11.6 Å². The number of benzene rings is 1. The van der Waals surface area contributed by atoms with Gasteiger partial charge in [-0.2, -0.15) is 0 Å². The summed E-state index contributed by atoms with van der Waals surface area (Å²) in [6.07, 6.45) is 3.48. The minimum Gasteiger partial charge on any atom is -0.374 e. The Hall–Kier alpha value is -1.06. The highest BCUT2D eigenvalue weighted by molar-refractivity contribution is 6.33. The van der Waals surface area contributed by atoms with E-state index in [-0.39, 0.29) is 18.1 Å². The summed E-state index contributed by atoms with van der Waals surface area (Å²) in [5, 5.41) is 0.531. The first-order valence-corrected chi connectivity index (χ1v) is 6.82. The van der Waals surface area contributed by atoms with Crippen molar-refractivity contribution in [3.63, 3.8) is 0 Å². The lowest BCUT2D eigenvalue weighted by Gasteiger charge is -2.37. The molecule has 18 heavy (non-hydrogen) atoms. The van der Waals surface area contributed by atoms with Gasteiger partial charge in [-0.1, -0.05) is 23.7 Å². The number of ether oxygens (including phenoxy) is 1. The third kappa shape index (κ3) is 2.02. The van der Waals surface area contributed by atoms with Gasteiger partial charge in [0.25, 0.3) is 5.91 Å². The average Bonchev–Trinajstić information content (AvgIpc) is 2.86. The van der Waals surface area contributed by atoms with Crippen LogP contribution in [0.25, 0.3) is 0 Å². The molecule has 4 heteroatoms. The SMILES string of the molecule is O=C(c1ccccc1Cl)N1CCOC2CCCC21. The zero-order chi connectivity index (χ0) is 12.5. The van der Waals surface area contributed by atoms with Crippen molar-refractivity contribution in [2.24, 2.45) is 0 Å². The van der Waals surface area contributed by atoms with Crippen LogP contribution in [0.15, 0.2) is 24.3 Å². The van der Waals surface area contributed by atoms with E-state index in [1.807, 2.05) is 17.0 Å². The highest BCUT2D eigenvalue weighted by Gasteiger charge is 2.38. The van der Waals surface area contributed by atoms with Crippen molar-refractivity contribution in [1.29, 1.82) is 0 Å². The minimum absolute atomic E-state index is 0.0424. The zero-order valence-corrected chi connectivity index (χ0v) is 10.9. The number of hydrogen-bond donors (Lipinski definition) is 0. The van der Waals surface area contributed by atoms with Gasteiger partial charge in [0.2, 0.25) is 0 Å². The molecule has 96 valence electrons. The van der Waals surface area contributed by atoms with E-state index in [9.17, 15) is 4.79 Å². The molecule has 1 aliphatic carbocycles. The Kier molecular flexibility index (Phi) is 3.27. The van der Waals surface area contributed by atoms with Gasteiger partial charge in [-0.3, -0.25) is 4.79 Å². The molecule has 1 aliphatic heterocycles. The molecule has 0 radical (unpaired) electrons. The number of carbonyl (C=O) groups is 1. The molecule has 2 fully saturated rings. The van der Waals surface area contributed by atoms with Crippen LogP contribution < -0.4 is 0 Å². The van der Waals surface area contributed by atoms with Gasteiger partial charge in [0.1, 0.15) is 0 Å². The molecule has 1 saturated carbocycles. The molecule has 1 amide bonds. The van der Waals surface area contributed by atoms with E-state index in [1.165, 1.54) is 0 Å². The van der Waals surface area contributed by atoms with Crippen molar-refractivity contribution < 1.29 is 9.53 Å². The first kappa shape index (κ1) is 12.0. The number of hydrogen-bond acceptors (Lipinski definition) is 2. The average molecular weight is 266 g/mol. The van der Waals surface area contributed by atoms with Gasteiger partial charge in [0, 0.05) is 6.54 Å². The second-order valence-electron chi connectivity index (χ2n) is 4.89. The second kappa shape index (κ2) is 4.90. The molecule has 0 aromatic heterocycles. The van der Waals surface area contributed by atoms with Crippen LogP contribution in [0.5, 0.6) is 0 Å². The normalized spacial score (nSPS) is 27.1. The molecule has 1 heterocycles. The maximum Gasteiger partial charge on any atom is 0.255 e. The number of carbonyl (C=O) groups excluding carboxylic acids is 1. The molecule has 3 rings (SSSR count). The highest BCUT2D eigenvalue weighted by Crippen LogP contribution is 2.31. The molecule has 0 bridgehead atoms. The molecule has 2 aliphatic rings. The Morgan fingerprint density at radius 1 is 1.33 bits per heavy atom. The Balaban J connectivity index is 1.86. The van der Waals surface area contributed by atoms with Crippen molar-refractivity contribution in [2.45, 2.75) is 31.4 Å². The molecular weight excluding hydrogens is 250 g/mol. The van der Waals surface area contributed by atoms with Crippen LogP contribution in [0.1, 0.15) is 29.6 Å². The predicted octanol–water partition coefficient (Wildman–Crippen LogP) is 2.73. The molecular formula is C14H16ClNO2. The summed E-state index contributed by atoms with van der Waals surface area (Å²) < 4.78 is 5.72. The zero-order valence-electron chi connectivity index (χ0n) is 10.1. The molecule has 1 aromatic rings. The van der Waals surface area contributed by atoms with E-state index in [0.29, 0.717) is 23.7 Å². The number of nitrogens with zero attached hydrogens (tertiary/aromatic N) is 1. The summed E-state index contributed by atoms with van der Waals surface area (Å²) in [6.45, 7) is 1.31. The lowest BCUT2D eigenvalue weighted by atomic mass is 10.1. The Bertz CT molecular complexity index is 463. The smallest absolute Gasteiger partial charge is 0.255 e. The molecule has 2 atom stereocenters. The van der Waals surface area contributed by atoms with Gasteiger partial charge >= 0.3 is 0 Å². The number of rotatable bonds is 1. The summed E-state index contributed by atoms with van der Waals surface area (Å²) in [4.78, 5) is 14.5. The van der Waals surface area contributed by atoms with Crippen molar-refractivity contribution in [3.8, 4) is 0 Å². The van der Waals surface area contributed by atoms with E-state index in [0.717, 1.165) is 19.3 Å². The fraction of sp³-hybridized carbons (Fsp3) is 0.500. The van der Waals surface area contributed by atoms with Gasteiger partial charge < -0.3 is 9.64 Å². The molecule has 3 nitrogen and oxygen atoms in total. The molecule has 2 unspecified atom stereocenters. The first-order chi connectivity index (χ1) is 8.77. The second-order valence-corrected chi connectivity index (χ2v) is 5.29. The molecule has 0 N–H and O–H groups in total. The highest BCUT2D eigenvalue weighted by atomic mass is 35.5. The fourth-order valence-electron chi connectivity index (χ4n) is 2.97. The standard InChI is InChI=1S/C14H16ClNO2/c15-11-5-2-1-4-10(11)14(17)16-8-9-18-13-7-3-6-12(13)16/h1-2,4-5,12-13H,3,6-9H2. The lowest BCUT2D eigenvalue weighted by molar-refractivity contribution is -0.0445. The van der Waals surface area contributed by atoms with E-state index in [2.05, 4.69) is 0 Å². The number of fused-ring (bicyclic) bond motifs is 1. The fourth-order valence-corrected chi connectivity index (χ4v) is 3.18. The largest absolute Gasteiger partial charge is 0.374 e. The summed E-state index contributed by atoms with van der Waals surface area (Å²) in [5.74, 6) is 0.0424. The van der Waals surface area contributed by atoms with Crippen molar-refractivity contribution in [1.82, 2.24) is 4.90 Å². The quantitative estimate of drug-likeness (QED) is 0.781. The number of halogens is 1. The monoisotopic (exact) mass is 265 g/mol. The lowest BCUT2D eigenvalue weighted by Crippen LogP contribution is -2.51. The minimum atomic E-state index is 0.0424. The molecule has 1 aromatic carbocycles. The Morgan fingerprint density at radius 2 is 2.17 bits per heavy atom. The summed E-state index contributed by atoms with van der Waals surface area (Å²) >= 11 is 6.10. The molecule has 0 spiro atoms. The van der Waals surface area contributed by atoms with E-state index in [1.54, 1.807) is 12.1 Å². The van der Waals surface area contributed by atoms with Crippen LogP contribution in [0.4, 0.5) is 0 Å². The van der Waals surface area contributed by atoms with Gasteiger partial charge in [-0.25, -0.2) is 0 Å². The predicted molar refractivity (Wildman–Crippen MR) is 69.9 cm³/mol. The van der Waals surface area contributed by atoms with Crippen LogP contribution in [-0.4, -0.2) is 36.1 Å². The maximum atomic E-state index is 12.5. The Morgan fingerprint density at radius 3 is 3.00 bits per heavy atom. The number of morpholine rings is 1. The van der Waals surface area contributed by atoms with Crippen LogP contribution in [0, 0.1) is 0 Å². The van der Waals surface area contributed by atoms with E-state index in [4.69, 9.17) is 16.3 Å². The Labute approximate surface area is 112 Å². The van der Waals surface area contributed by atoms with Gasteiger partial charge in [-0.15, -0.1) is 0 Å². The maximum absolute atomic E-state index is 12.5. The van der Waals surface area contributed by atoms with E-state index < -0.39 is 0 Å². The van der Waals surface area contributed by atoms with E-state index >= 15 is 0 Å². The van der Waals surface area contributed by atoms with Crippen molar-refractivity contribution in [2.75, 3.05) is 13.2 Å². The summed E-state index contributed by atoms with van der Waals surface area (Å²) in [7, 11) is 0. The van der Waals surface area contributed by atoms with Crippen LogP contribution in [0.3, 0.4) is 0 Å². The summed E-state index contributed by atoms with van der Waals surface area (Å²) in [6, 6.07) is 7.50. The van der Waals surface area contributed by atoms with Gasteiger partial charge in [0.05, 0.1) is 29.3 Å². The molecule has 1 saturated heterocycles. The topological polar surface area (TPSA) is 29.5 Å². The first-order valence-electron chi connectivity index (χ1n) is 6.44. The summed E-state index contributed by atoms with van der Waals surface area (Å²) in [5.41, 5.74) is 0.603. The van der Waals surface area contributed by atoms with Crippen LogP contribution in [-0.2, 0) is 4.74 Å². The van der Waals surface area contributed by atoms with Gasteiger partial charge in [0.15, 0.2) is 0 Å². The number of amides is 1.